The minimum absolute atomic E-state index is 0.219. The lowest BCUT2D eigenvalue weighted by Gasteiger charge is -2.36. The Kier molecular flexibility index (Phi) is 3.86. The van der Waals surface area contributed by atoms with Crippen LogP contribution in [0.1, 0.15) is 11.5 Å². The van der Waals surface area contributed by atoms with Crippen LogP contribution in [0.2, 0.25) is 0 Å². The fourth-order valence-corrected chi connectivity index (χ4v) is 3.10. The number of morpholine rings is 1. The molecule has 4 nitrogen and oxygen atoms in total. The summed E-state index contributed by atoms with van der Waals surface area (Å²) in [6, 6.07) is 4.40. The van der Waals surface area contributed by atoms with Gasteiger partial charge in [0.1, 0.15) is 18.2 Å². The van der Waals surface area contributed by atoms with Gasteiger partial charge in [0.05, 0.1) is 25.3 Å². The number of halogens is 1. The summed E-state index contributed by atoms with van der Waals surface area (Å²) in [5, 5.41) is 0. The van der Waals surface area contributed by atoms with Crippen molar-refractivity contribution < 1.29 is 13.5 Å². The van der Waals surface area contributed by atoms with E-state index in [0.29, 0.717) is 12.6 Å². The molecule has 1 aromatic heterocycles. The molecule has 3 rings (SSSR count). The van der Waals surface area contributed by atoms with E-state index >= 15 is 0 Å². The molecule has 0 unspecified atom stereocenters. The van der Waals surface area contributed by atoms with E-state index in [-0.39, 0.29) is 12.8 Å². The molecule has 2 aliphatic rings. The summed E-state index contributed by atoms with van der Waals surface area (Å²) in [5.41, 5.74) is 0. The second kappa shape index (κ2) is 5.61. The minimum Gasteiger partial charge on any atom is -0.465 e. The van der Waals surface area contributed by atoms with Crippen molar-refractivity contribution in [3.05, 3.63) is 23.7 Å². The molecule has 2 fully saturated rings. The summed E-state index contributed by atoms with van der Waals surface area (Å²) in [5.74, 6) is 1.95. The molecular weight excluding hydrogens is 247 g/mol. The second-order valence-electron chi connectivity index (χ2n) is 5.41. The van der Waals surface area contributed by atoms with Crippen molar-refractivity contribution >= 4 is 0 Å². The topological polar surface area (TPSA) is 28.9 Å². The Bertz CT molecular complexity index is 423. The Morgan fingerprint density at radius 1 is 1.37 bits per heavy atom. The lowest BCUT2D eigenvalue weighted by atomic mass is 10.1. The summed E-state index contributed by atoms with van der Waals surface area (Å²) >= 11 is 0. The SMILES string of the molecule is Cc1ccc(CN2CCO[C@H]3CN(CCF)C[C@H]32)o1. The summed E-state index contributed by atoms with van der Waals surface area (Å²) in [6.07, 6.45) is 0.219. The third-order valence-corrected chi connectivity index (χ3v) is 4.05. The number of ether oxygens (including phenoxy) is 1. The molecule has 2 aliphatic heterocycles. The van der Waals surface area contributed by atoms with Crippen LogP contribution < -0.4 is 0 Å². The summed E-state index contributed by atoms with van der Waals surface area (Å²) in [7, 11) is 0. The van der Waals surface area contributed by atoms with Crippen molar-refractivity contribution in [3.8, 4) is 0 Å². The van der Waals surface area contributed by atoms with Crippen LogP contribution in [0.4, 0.5) is 4.39 Å². The molecule has 0 bridgehead atoms. The van der Waals surface area contributed by atoms with Gasteiger partial charge in [-0.15, -0.1) is 0 Å². The molecule has 0 radical (unpaired) electrons. The first kappa shape index (κ1) is 13.1. The number of rotatable bonds is 4. The zero-order valence-electron chi connectivity index (χ0n) is 11.3. The molecule has 2 atom stereocenters. The van der Waals surface area contributed by atoms with Crippen LogP contribution in [0.5, 0.6) is 0 Å². The van der Waals surface area contributed by atoms with Gasteiger partial charge in [0.2, 0.25) is 0 Å². The van der Waals surface area contributed by atoms with E-state index in [9.17, 15) is 4.39 Å². The predicted molar refractivity (Wildman–Crippen MR) is 69.8 cm³/mol. The maximum absolute atomic E-state index is 12.5. The molecule has 0 spiro atoms. The summed E-state index contributed by atoms with van der Waals surface area (Å²) in [4.78, 5) is 4.56. The van der Waals surface area contributed by atoms with Gasteiger partial charge in [0.25, 0.3) is 0 Å². The van der Waals surface area contributed by atoms with Crippen LogP contribution in [0.15, 0.2) is 16.5 Å². The van der Waals surface area contributed by atoms with E-state index in [1.807, 2.05) is 19.1 Å². The zero-order valence-corrected chi connectivity index (χ0v) is 11.3. The van der Waals surface area contributed by atoms with Gasteiger partial charge in [-0.05, 0) is 19.1 Å². The Morgan fingerprint density at radius 2 is 2.26 bits per heavy atom. The molecule has 0 amide bonds. The monoisotopic (exact) mass is 268 g/mol. The zero-order chi connectivity index (χ0) is 13.2. The van der Waals surface area contributed by atoms with Crippen molar-refractivity contribution in [2.24, 2.45) is 0 Å². The van der Waals surface area contributed by atoms with Crippen LogP contribution in [0.3, 0.4) is 0 Å². The molecule has 0 aliphatic carbocycles. The molecule has 1 aromatic rings. The maximum atomic E-state index is 12.5. The van der Waals surface area contributed by atoms with Crippen molar-refractivity contribution in [1.29, 1.82) is 0 Å². The van der Waals surface area contributed by atoms with Gasteiger partial charge in [0.15, 0.2) is 0 Å². The van der Waals surface area contributed by atoms with Gasteiger partial charge in [-0.3, -0.25) is 9.80 Å². The molecule has 0 N–H and O–H groups in total. The lowest BCUT2D eigenvalue weighted by molar-refractivity contribution is -0.0523. The largest absolute Gasteiger partial charge is 0.465 e. The van der Waals surface area contributed by atoms with E-state index in [4.69, 9.17) is 9.15 Å². The van der Waals surface area contributed by atoms with E-state index in [1.54, 1.807) is 0 Å². The number of furan rings is 1. The molecule has 0 saturated carbocycles. The van der Waals surface area contributed by atoms with Crippen molar-refractivity contribution in [1.82, 2.24) is 9.80 Å². The highest BCUT2D eigenvalue weighted by Gasteiger charge is 2.39. The van der Waals surface area contributed by atoms with Gasteiger partial charge < -0.3 is 9.15 Å². The lowest BCUT2D eigenvalue weighted by Crippen LogP contribution is -2.50. The fraction of sp³-hybridized carbons (Fsp3) is 0.714. The minimum atomic E-state index is -0.281. The standard InChI is InChI=1S/C14H21FN2O2/c1-11-2-3-12(19-11)8-17-6-7-18-14-10-16(5-4-15)9-13(14)17/h2-3,13-14H,4-10H2,1H3/t13-,14+/m1/s1. The highest BCUT2D eigenvalue weighted by molar-refractivity contribution is 5.06. The van der Waals surface area contributed by atoms with Crippen LogP contribution >= 0.6 is 0 Å². The van der Waals surface area contributed by atoms with Crippen LogP contribution in [-0.4, -0.2) is 61.4 Å². The van der Waals surface area contributed by atoms with Crippen LogP contribution in [-0.2, 0) is 11.3 Å². The molecular formula is C14H21FN2O2. The first-order chi connectivity index (χ1) is 9.26. The number of hydrogen-bond donors (Lipinski definition) is 0. The number of nitrogens with zero attached hydrogens (tertiary/aromatic N) is 2. The normalized spacial score (nSPS) is 28.7. The van der Waals surface area contributed by atoms with Gasteiger partial charge >= 0.3 is 0 Å². The third kappa shape index (κ3) is 2.83. The van der Waals surface area contributed by atoms with Gasteiger partial charge in [-0.25, -0.2) is 4.39 Å². The van der Waals surface area contributed by atoms with E-state index in [1.165, 1.54) is 0 Å². The molecule has 3 heterocycles. The van der Waals surface area contributed by atoms with Crippen molar-refractivity contribution in [3.63, 3.8) is 0 Å². The van der Waals surface area contributed by atoms with Crippen molar-refractivity contribution in [2.45, 2.75) is 25.6 Å². The first-order valence-corrected chi connectivity index (χ1v) is 6.95. The Hall–Kier alpha value is -0.910. The summed E-state index contributed by atoms with van der Waals surface area (Å²) < 4.78 is 23.9. The van der Waals surface area contributed by atoms with Gasteiger partial charge in [0, 0.05) is 26.2 Å². The first-order valence-electron chi connectivity index (χ1n) is 6.95. The molecule has 2 saturated heterocycles. The second-order valence-corrected chi connectivity index (χ2v) is 5.41. The number of likely N-dealkylation sites (tertiary alicyclic amines) is 1. The fourth-order valence-electron chi connectivity index (χ4n) is 3.10. The highest BCUT2D eigenvalue weighted by atomic mass is 19.1. The highest BCUT2D eigenvalue weighted by Crippen LogP contribution is 2.24. The number of alkyl halides is 1. The quantitative estimate of drug-likeness (QED) is 0.826. The summed E-state index contributed by atoms with van der Waals surface area (Å²) in [6.45, 7) is 6.44. The number of aryl methyl sites for hydroxylation is 1. The predicted octanol–water partition coefficient (Wildman–Crippen LogP) is 1.44. The van der Waals surface area contributed by atoms with Crippen LogP contribution in [0, 0.1) is 6.92 Å². The van der Waals surface area contributed by atoms with E-state index in [2.05, 4.69) is 9.80 Å². The van der Waals surface area contributed by atoms with Gasteiger partial charge in [-0.2, -0.15) is 0 Å². The maximum Gasteiger partial charge on any atom is 0.118 e. The Morgan fingerprint density at radius 3 is 3.00 bits per heavy atom. The smallest absolute Gasteiger partial charge is 0.118 e. The average Bonchev–Trinajstić information content (AvgIpc) is 2.96. The molecule has 19 heavy (non-hydrogen) atoms. The van der Waals surface area contributed by atoms with E-state index in [0.717, 1.165) is 44.3 Å². The Labute approximate surface area is 113 Å². The average molecular weight is 268 g/mol. The molecule has 0 aromatic carbocycles. The van der Waals surface area contributed by atoms with E-state index < -0.39 is 0 Å². The number of hydrogen-bond acceptors (Lipinski definition) is 4. The Balaban J connectivity index is 1.65. The number of fused-ring (bicyclic) bond motifs is 1. The molecule has 5 heteroatoms. The van der Waals surface area contributed by atoms with Crippen molar-refractivity contribution in [2.75, 3.05) is 39.5 Å². The third-order valence-electron chi connectivity index (χ3n) is 4.05. The van der Waals surface area contributed by atoms with Crippen LogP contribution in [0.25, 0.3) is 0 Å². The molecule has 106 valence electrons. The van der Waals surface area contributed by atoms with Gasteiger partial charge in [-0.1, -0.05) is 0 Å².